The molecule has 1 aliphatic rings. The fraction of sp³-hybridized carbons (Fsp3) is 0.688. The Kier molecular flexibility index (Phi) is 4.50. The van der Waals surface area contributed by atoms with Crippen molar-refractivity contribution in [2.75, 3.05) is 19.6 Å². The molecule has 1 aliphatic heterocycles. The molecule has 0 spiro atoms. The van der Waals surface area contributed by atoms with E-state index >= 15 is 0 Å². The van der Waals surface area contributed by atoms with Crippen LogP contribution in [-0.2, 0) is 19.1 Å². The molecule has 1 saturated heterocycles. The Morgan fingerprint density at radius 1 is 1.39 bits per heavy atom. The van der Waals surface area contributed by atoms with Crippen molar-refractivity contribution >= 4 is 0 Å². The lowest BCUT2D eigenvalue weighted by atomic mass is 9.90. The molecule has 0 amide bonds. The van der Waals surface area contributed by atoms with Gasteiger partial charge >= 0.3 is 0 Å². The van der Waals surface area contributed by atoms with Crippen LogP contribution >= 0.6 is 0 Å². The monoisotopic (exact) mass is 318 g/mol. The van der Waals surface area contributed by atoms with Gasteiger partial charge in [-0.05, 0) is 39.3 Å². The van der Waals surface area contributed by atoms with E-state index in [1.54, 1.807) is 0 Å². The Morgan fingerprint density at radius 2 is 2.22 bits per heavy atom. The third-order valence-corrected chi connectivity index (χ3v) is 4.67. The molecule has 0 bridgehead atoms. The quantitative estimate of drug-likeness (QED) is 0.894. The molecule has 0 aliphatic carbocycles. The minimum absolute atomic E-state index is 0.254. The predicted molar refractivity (Wildman–Crippen MR) is 86.9 cm³/mol. The molecular formula is C16H26N6O. The number of likely N-dealkylation sites (tertiary alicyclic amines) is 1. The van der Waals surface area contributed by atoms with Crippen LogP contribution < -0.4 is 0 Å². The van der Waals surface area contributed by atoms with Crippen LogP contribution in [0.5, 0.6) is 0 Å². The summed E-state index contributed by atoms with van der Waals surface area (Å²) in [4.78, 5) is 2.31. The van der Waals surface area contributed by atoms with Gasteiger partial charge in [-0.15, -0.1) is 5.10 Å². The summed E-state index contributed by atoms with van der Waals surface area (Å²) in [5.74, 6) is 0. The van der Waals surface area contributed by atoms with E-state index in [0.29, 0.717) is 12.2 Å². The van der Waals surface area contributed by atoms with E-state index in [1.165, 1.54) is 5.69 Å². The number of aryl methyl sites for hydroxylation is 1. The van der Waals surface area contributed by atoms with Gasteiger partial charge in [-0.3, -0.25) is 9.58 Å². The van der Waals surface area contributed by atoms with Gasteiger partial charge in [-0.25, -0.2) is 4.68 Å². The van der Waals surface area contributed by atoms with Crippen LogP contribution in [-0.4, -0.2) is 54.4 Å². The molecule has 126 valence electrons. The molecule has 23 heavy (non-hydrogen) atoms. The third-order valence-electron chi connectivity index (χ3n) is 4.67. The van der Waals surface area contributed by atoms with Crippen molar-refractivity contribution < 1.29 is 5.11 Å². The highest BCUT2D eigenvalue weighted by atomic mass is 16.3. The van der Waals surface area contributed by atoms with Gasteiger partial charge in [0.2, 0.25) is 0 Å². The average molecular weight is 318 g/mol. The Bertz CT molecular complexity index is 649. The summed E-state index contributed by atoms with van der Waals surface area (Å²) in [7, 11) is 1.96. The van der Waals surface area contributed by atoms with Crippen molar-refractivity contribution in [3.8, 4) is 0 Å². The van der Waals surface area contributed by atoms with E-state index in [1.807, 2.05) is 34.9 Å². The second-order valence-electron chi connectivity index (χ2n) is 6.78. The highest BCUT2D eigenvalue weighted by Crippen LogP contribution is 2.30. The SMILES string of the molecule is CC(C)n1cc(C2(O)CCCN(CCc3ccnn3C)C2)nn1. The number of rotatable bonds is 5. The summed E-state index contributed by atoms with van der Waals surface area (Å²) in [5, 5.41) is 23.6. The van der Waals surface area contributed by atoms with E-state index in [0.717, 1.165) is 32.4 Å². The van der Waals surface area contributed by atoms with E-state index in [4.69, 9.17) is 0 Å². The maximum absolute atomic E-state index is 11.0. The fourth-order valence-corrected chi connectivity index (χ4v) is 3.18. The molecule has 2 aromatic rings. The van der Waals surface area contributed by atoms with Crippen LogP contribution in [0, 0.1) is 0 Å². The summed E-state index contributed by atoms with van der Waals surface area (Å²) >= 11 is 0. The normalized spacial score (nSPS) is 22.8. The van der Waals surface area contributed by atoms with E-state index < -0.39 is 5.60 Å². The zero-order chi connectivity index (χ0) is 16.4. The van der Waals surface area contributed by atoms with Gasteiger partial charge in [0.15, 0.2) is 0 Å². The fourth-order valence-electron chi connectivity index (χ4n) is 3.18. The summed E-state index contributed by atoms with van der Waals surface area (Å²) in [6.45, 7) is 6.66. The first kappa shape index (κ1) is 16.1. The third kappa shape index (κ3) is 3.45. The second-order valence-corrected chi connectivity index (χ2v) is 6.78. The lowest BCUT2D eigenvalue weighted by Gasteiger charge is -2.38. The van der Waals surface area contributed by atoms with E-state index in [-0.39, 0.29) is 6.04 Å². The number of hydrogen-bond acceptors (Lipinski definition) is 5. The largest absolute Gasteiger partial charge is 0.382 e. The van der Waals surface area contributed by atoms with Crippen molar-refractivity contribution in [3.63, 3.8) is 0 Å². The second kappa shape index (κ2) is 6.41. The maximum Gasteiger partial charge on any atom is 0.123 e. The van der Waals surface area contributed by atoms with Crippen molar-refractivity contribution in [1.29, 1.82) is 0 Å². The van der Waals surface area contributed by atoms with Crippen molar-refractivity contribution in [1.82, 2.24) is 29.7 Å². The predicted octanol–water partition coefficient (Wildman–Crippen LogP) is 1.12. The van der Waals surface area contributed by atoms with Gasteiger partial charge in [0, 0.05) is 44.5 Å². The summed E-state index contributed by atoms with van der Waals surface area (Å²) in [5.41, 5.74) is 1.01. The van der Waals surface area contributed by atoms with Gasteiger partial charge in [0.25, 0.3) is 0 Å². The molecule has 1 unspecified atom stereocenters. The zero-order valence-electron chi connectivity index (χ0n) is 14.2. The number of nitrogens with zero attached hydrogens (tertiary/aromatic N) is 6. The summed E-state index contributed by atoms with van der Waals surface area (Å²) < 4.78 is 3.71. The molecule has 1 N–H and O–H groups in total. The first-order valence-electron chi connectivity index (χ1n) is 8.32. The van der Waals surface area contributed by atoms with Gasteiger partial charge in [0.1, 0.15) is 11.3 Å². The molecule has 7 nitrogen and oxygen atoms in total. The number of hydrogen-bond donors (Lipinski definition) is 1. The standard InChI is InChI=1S/C16H26N6O/c1-13(2)22-11-15(18-19-22)16(23)7-4-9-21(12-16)10-6-14-5-8-17-20(14)3/h5,8,11,13,23H,4,6-7,9-10,12H2,1-3H3. The highest BCUT2D eigenvalue weighted by molar-refractivity contribution is 5.10. The Morgan fingerprint density at radius 3 is 2.87 bits per heavy atom. The maximum atomic E-state index is 11.0. The van der Waals surface area contributed by atoms with Gasteiger partial charge < -0.3 is 5.11 Å². The number of piperidine rings is 1. The molecular weight excluding hydrogens is 292 g/mol. The van der Waals surface area contributed by atoms with Gasteiger partial charge in [-0.2, -0.15) is 5.10 Å². The molecule has 2 aromatic heterocycles. The zero-order valence-corrected chi connectivity index (χ0v) is 14.2. The smallest absolute Gasteiger partial charge is 0.123 e. The van der Waals surface area contributed by atoms with Crippen LogP contribution in [0.25, 0.3) is 0 Å². The highest BCUT2D eigenvalue weighted by Gasteiger charge is 2.37. The van der Waals surface area contributed by atoms with Crippen LogP contribution in [0.15, 0.2) is 18.5 Å². The Hall–Kier alpha value is -1.73. The van der Waals surface area contributed by atoms with E-state index in [2.05, 4.69) is 34.2 Å². The summed E-state index contributed by atoms with van der Waals surface area (Å²) in [6.07, 6.45) is 6.36. The number of aliphatic hydroxyl groups is 1. The van der Waals surface area contributed by atoms with Crippen LogP contribution in [0.3, 0.4) is 0 Å². The van der Waals surface area contributed by atoms with Gasteiger partial charge in [-0.1, -0.05) is 5.21 Å². The molecule has 0 aromatic carbocycles. The van der Waals surface area contributed by atoms with Crippen molar-refractivity contribution in [2.45, 2.75) is 44.8 Å². The topological polar surface area (TPSA) is 72.0 Å². The molecule has 0 saturated carbocycles. The lowest BCUT2D eigenvalue weighted by Crippen LogP contribution is -2.47. The van der Waals surface area contributed by atoms with E-state index in [9.17, 15) is 5.11 Å². The molecule has 3 heterocycles. The Balaban J connectivity index is 1.65. The minimum Gasteiger partial charge on any atom is -0.382 e. The van der Waals surface area contributed by atoms with Crippen LogP contribution in [0.4, 0.5) is 0 Å². The van der Waals surface area contributed by atoms with Gasteiger partial charge in [0.05, 0.1) is 6.20 Å². The molecule has 3 rings (SSSR count). The first-order chi connectivity index (χ1) is 11.0. The minimum atomic E-state index is -0.891. The lowest BCUT2D eigenvalue weighted by molar-refractivity contribution is -0.0386. The van der Waals surface area contributed by atoms with Crippen LogP contribution in [0.2, 0.25) is 0 Å². The van der Waals surface area contributed by atoms with Crippen LogP contribution in [0.1, 0.15) is 44.1 Å². The van der Waals surface area contributed by atoms with Crippen molar-refractivity contribution in [2.24, 2.45) is 7.05 Å². The molecule has 1 fully saturated rings. The molecule has 1 atom stereocenters. The number of aromatic nitrogens is 5. The molecule has 0 radical (unpaired) electrons. The Labute approximate surface area is 136 Å². The number of β-amino-alcohol motifs (C(OH)–C–C–N with tert-alkyl or cyclic N) is 1. The van der Waals surface area contributed by atoms with Crippen molar-refractivity contribution in [3.05, 3.63) is 29.8 Å². The average Bonchev–Trinajstić information content (AvgIpc) is 3.15. The molecule has 7 heteroatoms. The first-order valence-corrected chi connectivity index (χ1v) is 8.32. The summed E-state index contributed by atoms with van der Waals surface area (Å²) in [6, 6.07) is 2.30.